The lowest BCUT2D eigenvalue weighted by atomic mass is 9.95. The zero-order chi connectivity index (χ0) is 19.5. The summed E-state index contributed by atoms with van der Waals surface area (Å²) in [7, 11) is -3.84. The van der Waals surface area contributed by atoms with Gasteiger partial charge in [0.25, 0.3) is 0 Å². The van der Waals surface area contributed by atoms with Gasteiger partial charge in [-0.1, -0.05) is 6.07 Å². The minimum absolute atomic E-state index is 0.0513. The van der Waals surface area contributed by atoms with E-state index in [-0.39, 0.29) is 17.3 Å². The van der Waals surface area contributed by atoms with Crippen molar-refractivity contribution < 1.29 is 18.3 Å². The first-order valence-electron chi connectivity index (χ1n) is 7.98. The number of carbonyl (C=O) groups excluding carboxylic acids is 1. The maximum atomic E-state index is 12.6. The first-order chi connectivity index (χ1) is 12.8. The van der Waals surface area contributed by atoms with Crippen LogP contribution in [0.25, 0.3) is 0 Å². The third-order valence-corrected chi connectivity index (χ3v) is 7.05. The van der Waals surface area contributed by atoms with Gasteiger partial charge in [-0.15, -0.1) is 11.3 Å². The van der Waals surface area contributed by atoms with Gasteiger partial charge in [0.1, 0.15) is 5.60 Å². The van der Waals surface area contributed by atoms with Crippen LogP contribution in [0.4, 0.5) is 5.69 Å². The zero-order valence-corrected chi connectivity index (χ0v) is 16.8. The molecule has 2 aromatic heterocycles. The molecule has 0 saturated carbocycles. The largest absolute Gasteiger partial charge is 0.378 e. The topological polar surface area (TPSA) is 95.5 Å². The van der Waals surface area contributed by atoms with Crippen molar-refractivity contribution >= 4 is 44.3 Å². The SMILES string of the molecule is CC(=O)Nc1ccc(S(=O)(=O)NCC(O)(c2ccsc2)c2cccs2)cc1. The number of nitrogens with one attached hydrogen (secondary N) is 2. The predicted molar refractivity (Wildman–Crippen MR) is 108 cm³/mol. The molecule has 0 radical (unpaired) electrons. The molecular formula is C18H18N2O4S3. The molecule has 1 atom stereocenters. The number of carbonyl (C=O) groups is 1. The Morgan fingerprint density at radius 3 is 2.44 bits per heavy atom. The van der Waals surface area contributed by atoms with Gasteiger partial charge in [-0.2, -0.15) is 11.3 Å². The third kappa shape index (κ3) is 4.45. The molecule has 0 aliphatic carbocycles. The van der Waals surface area contributed by atoms with Gasteiger partial charge < -0.3 is 10.4 Å². The fourth-order valence-electron chi connectivity index (χ4n) is 2.55. The Kier molecular flexibility index (Phi) is 5.78. The van der Waals surface area contributed by atoms with Crippen molar-refractivity contribution in [1.29, 1.82) is 0 Å². The highest BCUT2D eigenvalue weighted by Gasteiger charge is 2.34. The highest BCUT2D eigenvalue weighted by molar-refractivity contribution is 7.89. The van der Waals surface area contributed by atoms with Crippen LogP contribution in [-0.2, 0) is 20.4 Å². The second-order valence-corrected chi connectivity index (χ2v) is 9.37. The normalized spacial score (nSPS) is 13.9. The summed E-state index contributed by atoms with van der Waals surface area (Å²) in [6.45, 7) is 1.18. The van der Waals surface area contributed by atoms with Crippen molar-refractivity contribution in [2.75, 3.05) is 11.9 Å². The Balaban J connectivity index is 1.81. The first kappa shape index (κ1) is 19.7. The van der Waals surface area contributed by atoms with Crippen LogP contribution in [0.5, 0.6) is 0 Å². The van der Waals surface area contributed by atoms with Crippen molar-refractivity contribution in [2.24, 2.45) is 0 Å². The molecule has 6 nitrogen and oxygen atoms in total. The number of aliphatic hydroxyl groups is 1. The summed E-state index contributed by atoms with van der Waals surface area (Å²) in [5, 5.41) is 19.3. The Labute approximate surface area is 165 Å². The van der Waals surface area contributed by atoms with Crippen LogP contribution in [-0.4, -0.2) is 26.0 Å². The quantitative estimate of drug-likeness (QED) is 0.545. The number of benzene rings is 1. The summed E-state index contributed by atoms with van der Waals surface area (Å²) >= 11 is 2.79. The molecule has 3 N–H and O–H groups in total. The second-order valence-electron chi connectivity index (χ2n) is 5.88. The Bertz CT molecular complexity index is 961. The van der Waals surface area contributed by atoms with Crippen LogP contribution in [0.2, 0.25) is 0 Å². The first-order valence-corrected chi connectivity index (χ1v) is 11.3. The van der Waals surface area contributed by atoms with E-state index in [1.54, 1.807) is 17.5 Å². The Morgan fingerprint density at radius 2 is 1.89 bits per heavy atom. The smallest absolute Gasteiger partial charge is 0.240 e. The van der Waals surface area contributed by atoms with Crippen LogP contribution < -0.4 is 10.0 Å². The molecule has 9 heteroatoms. The van der Waals surface area contributed by atoms with Crippen LogP contribution in [0, 0.1) is 0 Å². The number of anilines is 1. The van der Waals surface area contributed by atoms with Gasteiger partial charge in [-0.25, -0.2) is 13.1 Å². The minimum atomic E-state index is -3.84. The van der Waals surface area contributed by atoms with Gasteiger partial charge in [-0.05, 0) is 52.5 Å². The van der Waals surface area contributed by atoms with Crippen LogP contribution in [0.1, 0.15) is 17.4 Å². The number of sulfonamides is 1. The van der Waals surface area contributed by atoms with Gasteiger partial charge in [-0.3, -0.25) is 4.79 Å². The van der Waals surface area contributed by atoms with Crippen molar-refractivity contribution in [3.8, 4) is 0 Å². The fraction of sp³-hybridized carbons (Fsp3) is 0.167. The van der Waals surface area contributed by atoms with E-state index in [2.05, 4.69) is 10.0 Å². The van der Waals surface area contributed by atoms with E-state index >= 15 is 0 Å². The van der Waals surface area contributed by atoms with Crippen molar-refractivity contribution in [2.45, 2.75) is 17.4 Å². The lowest BCUT2D eigenvalue weighted by Gasteiger charge is -2.27. The van der Waals surface area contributed by atoms with E-state index in [9.17, 15) is 18.3 Å². The number of rotatable bonds is 7. The summed E-state index contributed by atoms with van der Waals surface area (Å²) in [5.74, 6) is -0.236. The maximum Gasteiger partial charge on any atom is 0.240 e. The lowest BCUT2D eigenvalue weighted by molar-refractivity contribution is -0.114. The average molecular weight is 423 g/mol. The highest BCUT2D eigenvalue weighted by atomic mass is 32.2. The summed E-state index contributed by atoms with van der Waals surface area (Å²) in [6, 6.07) is 11.2. The zero-order valence-electron chi connectivity index (χ0n) is 14.4. The van der Waals surface area contributed by atoms with Crippen molar-refractivity contribution in [3.63, 3.8) is 0 Å². The van der Waals surface area contributed by atoms with E-state index in [4.69, 9.17) is 0 Å². The van der Waals surface area contributed by atoms with E-state index in [1.165, 1.54) is 53.9 Å². The van der Waals surface area contributed by atoms with Gasteiger partial charge in [0.05, 0.1) is 4.90 Å². The predicted octanol–water partition coefficient (Wildman–Crippen LogP) is 2.98. The van der Waals surface area contributed by atoms with Gasteiger partial charge >= 0.3 is 0 Å². The minimum Gasteiger partial charge on any atom is -0.378 e. The average Bonchev–Trinajstić information content (AvgIpc) is 3.33. The molecule has 1 aromatic carbocycles. The standard InChI is InChI=1S/C18H18N2O4S3/c1-13(21)20-15-4-6-16(7-5-15)27(23,24)19-12-18(22,14-8-10-25-11-14)17-3-2-9-26-17/h2-11,19,22H,12H2,1H3,(H,20,21). The third-order valence-electron chi connectivity index (χ3n) is 3.93. The number of hydrogen-bond donors (Lipinski definition) is 3. The van der Waals surface area contributed by atoms with E-state index in [0.29, 0.717) is 16.1 Å². The Morgan fingerprint density at radius 1 is 1.15 bits per heavy atom. The number of thiophene rings is 2. The molecule has 2 heterocycles. The Hall–Kier alpha value is -2.04. The summed E-state index contributed by atoms with van der Waals surface area (Å²) in [4.78, 5) is 11.8. The lowest BCUT2D eigenvalue weighted by Crippen LogP contribution is -2.40. The molecule has 0 bridgehead atoms. The van der Waals surface area contributed by atoms with Crippen LogP contribution >= 0.6 is 22.7 Å². The molecule has 0 fully saturated rings. The molecule has 3 aromatic rings. The fourth-order valence-corrected chi connectivity index (χ4v) is 5.18. The molecule has 3 rings (SSSR count). The molecule has 0 saturated heterocycles. The summed E-state index contributed by atoms with van der Waals surface area (Å²) < 4.78 is 27.8. The number of amides is 1. The van der Waals surface area contributed by atoms with Gasteiger partial charge in [0.15, 0.2) is 0 Å². The van der Waals surface area contributed by atoms with Crippen molar-refractivity contribution in [1.82, 2.24) is 4.72 Å². The molecule has 0 aliphatic heterocycles. The molecule has 27 heavy (non-hydrogen) atoms. The maximum absolute atomic E-state index is 12.6. The van der Waals surface area contributed by atoms with E-state index in [1.807, 2.05) is 16.8 Å². The molecule has 1 amide bonds. The molecule has 0 aliphatic rings. The molecular weight excluding hydrogens is 404 g/mol. The van der Waals surface area contributed by atoms with E-state index in [0.717, 1.165) is 0 Å². The van der Waals surface area contributed by atoms with Gasteiger partial charge in [0.2, 0.25) is 15.9 Å². The monoisotopic (exact) mass is 422 g/mol. The van der Waals surface area contributed by atoms with E-state index < -0.39 is 15.6 Å². The summed E-state index contributed by atoms with van der Waals surface area (Å²) in [6.07, 6.45) is 0. The summed E-state index contributed by atoms with van der Waals surface area (Å²) in [5.41, 5.74) is -0.300. The highest BCUT2D eigenvalue weighted by Crippen LogP contribution is 2.34. The second kappa shape index (κ2) is 7.91. The number of hydrogen-bond acceptors (Lipinski definition) is 6. The van der Waals surface area contributed by atoms with Crippen LogP contribution in [0.15, 0.2) is 63.5 Å². The molecule has 1 unspecified atom stereocenters. The molecule has 142 valence electrons. The van der Waals surface area contributed by atoms with Crippen molar-refractivity contribution in [3.05, 3.63) is 69.0 Å². The molecule has 0 spiro atoms. The van der Waals surface area contributed by atoms with Gasteiger partial charge in [0, 0.05) is 29.6 Å². The van der Waals surface area contributed by atoms with Crippen LogP contribution in [0.3, 0.4) is 0 Å².